The zero-order valence-electron chi connectivity index (χ0n) is 12.7. The third-order valence-corrected chi connectivity index (χ3v) is 5.04. The van der Waals surface area contributed by atoms with Gasteiger partial charge in [0.05, 0.1) is 12.0 Å². The Labute approximate surface area is 134 Å². The van der Waals surface area contributed by atoms with Crippen LogP contribution in [0.15, 0.2) is 35.8 Å². The average molecular weight is 316 g/mol. The van der Waals surface area contributed by atoms with Crippen LogP contribution in [0.1, 0.15) is 28.1 Å². The predicted molar refractivity (Wildman–Crippen MR) is 87.4 cm³/mol. The summed E-state index contributed by atoms with van der Waals surface area (Å²) in [6.07, 6.45) is 3.60. The van der Waals surface area contributed by atoms with E-state index >= 15 is 0 Å². The molecule has 1 aliphatic heterocycles. The molecule has 0 atom stereocenters. The van der Waals surface area contributed by atoms with Gasteiger partial charge in [0.1, 0.15) is 0 Å². The maximum absolute atomic E-state index is 12.4. The van der Waals surface area contributed by atoms with Gasteiger partial charge in [-0.1, -0.05) is 12.1 Å². The van der Waals surface area contributed by atoms with Gasteiger partial charge in [0.2, 0.25) is 5.88 Å². The lowest BCUT2D eigenvalue weighted by atomic mass is 9.91. The fourth-order valence-corrected chi connectivity index (χ4v) is 3.69. The van der Waals surface area contributed by atoms with Crippen LogP contribution in [0.25, 0.3) is 0 Å². The first kappa shape index (κ1) is 15.2. The van der Waals surface area contributed by atoms with Crippen molar-refractivity contribution < 1.29 is 9.53 Å². The van der Waals surface area contributed by atoms with Gasteiger partial charge in [-0.2, -0.15) is 0 Å². The summed E-state index contributed by atoms with van der Waals surface area (Å²) in [5.41, 5.74) is 1.10. The van der Waals surface area contributed by atoms with Crippen LogP contribution >= 0.6 is 11.3 Å². The zero-order chi connectivity index (χ0) is 15.4. The first-order valence-electron chi connectivity index (χ1n) is 7.56. The minimum atomic E-state index is 0.172. The van der Waals surface area contributed by atoms with Gasteiger partial charge >= 0.3 is 0 Å². The number of nitrogens with zero attached hydrogens (tertiary/aromatic N) is 2. The van der Waals surface area contributed by atoms with E-state index in [2.05, 4.69) is 16.0 Å². The SMILES string of the molecule is COc1ncccc1CN1CCC(C(=O)c2cccs2)CC1. The van der Waals surface area contributed by atoms with E-state index in [9.17, 15) is 4.79 Å². The molecule has 2 aromatic rings. The molecule has 0 bridgehead atoms. The molecule has 5 heteroatoms. The Morgan fingerprint density at radius 2 is 2.18 bits per heavy atom. The Balaban J connectivity index is 1.57. The van der Waals surface area contributed by atoms with Gasteiger partial charge < -0.3 is 4.74 Å². The summed E-state index contributed by atoms with van der Waals surface area (Å²) in [4.78, 5) is 19.9. The van der Waals surface area contributed by atoms with Crippen LogP contribution in [0.5, 0.6) is 5.88 Å². The zero-order valence-corrected chi connectivity index (χ0v) is 13.5. The second kappa shape index (κ2) is 7.03. The number of Topliss-reactive ketones (excluding diaryl/α,β-unsaturated/α-hetero) is 1. The van der Waals surface area contributed by atoms with E-state index in [0.717, 1.165) is 42.9 Å². The molecular formula is C17H20N2O2S. The summed E-state index contributed by atoms with van der Waals surface area (Å²) < 4.78 is 5.30. The average Bonchev–Trinajstić information content (AvgIpc) is 3.10. The number of thiophene rings is 1. The van der Waals surface area contributed by atoms with Crippen LogP contribution < -0.4 is 4.74 Å². The van der Waals surface area contributed by atoms with Crippen LogP contribution in [-0.4, -0.2) is 35.9 Å². The smallest absolute Gasteiger partial charge is 0.217 e. The van der Waals surface area contributed by atoms with E-state index in [1.807, 2.05) is 23.6 Å². The number of carbonyl (C=O) groups excluding carboxylic acids is 1. The van der Waals surface area contributed by atoms with Crippen molar-refractivity contribution in [1.82, 2.24) is 9.88 Å². The normalized spacial score (nSPS) is 16.6. The molecule has 1 fully saturated rings. The lowest BCUT2D eigenvalue weighted by Crippen LogP contribution is -2.35. The molecule has 0 saturated carbocycles. The topological polar surface area (TPSA) is 42.4 Å². The number of rotatable bonds is 5. The predicted octanol–water partition coefficient (Wildman–Crippen LogP) is 3.25. The molecule has 4 nitrogen and oxygen atoms in total. The molecule has 3 rings (SSSR count). The standard InChI is InChI=1S/C17H20N2O2S/c1-21-17-14(4-2-8-18-17)12-19-9-6-13(7-10-19)16(20)15-5-3-11-22-15/h2-5,8,11,13H,6-7,9-10,12H2,1H3. The number of pyridine rings is 1. The maximum Gasteiger partial charge on any atom is 0.217 e. The monoisotopic (exact) mass is 316 g/mol. The second-order valence-corrected chi connectivity index (χ2v) is 6.51. The molecule has 3 heterocycles. The quantitative estimate of drug-likeness (QED) is 0.794. The van der Waals surface area contributed by atoms with E-state index < -0.39 is 0 Å². The van der Waals surface area contributed by atoms with E-state index in [1.54, 1.807) is 24.6 Å². The van der Waals surface area contributed by atoms with Gasteiger partial charge in [0.25, 0.3) is 0 Å². The summed E-state index contributed by atoms with van der Waals surface area (Å²) in [6, 6.07) is 7.86. The molecule has 1 aliphatic rings. The molecule has 1 saturated heterocycles. The fourth-order valence-electron chi connectivity index (χ4n) is 2.94. The third-order valence-electron chi connectivity index (χ3n) is 4.16. The Hall–Kier alpha value is -1.72. The molecule has 0 amide bonds. The number of aromatic nitrogens is 1. The van der Waals surface area contributed by atoms with Gasteiger partial charge in [0, 0.05) is 24.2 Å². The molecule has 0 aromatic carbocycles. The highest BCUT2D eigenvalue weighted by molar-refractivity contribution is 7.12. The Kier molecular flexibility index (Phi) is 4.85. The summed E-state index contributed by atoms with van der Waals surface area (Å²) in [5, 5.41) is 1.97. The number of carbonyl (C=O) groups is 1. The molecule has 0 aliphatic carbocycles. The summed E-state index contributed by atoms with van der Waals surface area (Å²) in [7, 11) is 1.65. The second-order valence-electron chi connectivity index (χ2n) is 5.56. The Morgan fingerprint density at radius 3 is 2.86 bits per heavy atom. The first-order chi connectivity index (χ1) is 10.8. The van der Waals surface area contributed by atoms with E-state index in [4.69, 9.17) is 4.74 Å². The molecule has 22 heavy (non-hydrogen) atoms. The van der Waals surface area contributed by atoms with Gasteiger partial charge in [-0.15, -0.1) is 11.3 Å². The molecule has 116 valence electrons. The molecular weight excluding hydrogens is 296 g/mol. The maximum atomic E-state index is 12.4. The lowest BCUT2D eigenvalue weighted by Gasteiger charge is -2.31. The van der Waals surface area contributed by atoms with Gasteiger partial charge in [0.15, 0.2) is 5.78 Å². The molecule has 0 radical (unpaired) electrons. The van der Waals surface area contributed by atoms with Gasteiger partial charge in [-0.3, -0.25) is 9.69 Å². The van der Waals surface area contributed by atoms with Crippen molar-refractivity contribution in [2.24, 2.45) is 5.92 Å². The van der Waals surface area contributed by atoms with Crippen LogP contribution in [0.4, 0.5) is 0 Å². The molecule has 0 spiro atoms. The Morgan fingerprint density at radius 1 is 1.36 bits per heavy atom. The van der Waals surface area contributed by atoms with E-state index in [0.29, 0.717) is 11.7 Å². The van der Waals surface area contributed by atoms with Crippen LogP contribution in [0, 0.1) is 5.92 Å². The first-order valence-corrected chi connectivity index (χ1v) is 8.44. The van der Waals surface area contributed by atoms with Crippen molar-refractivity contribution in [1.29, 1.82) is 0 Å². The highest BCUT2D eigenvalue weighted by atomic mass is 32.1. The van der Waals surface area contributed by atoms with Crippen molar-refractivity contribution in [3.05, 3.63) is 46.3 Å². The van der Waals surface area contributed by atoms with Crippen molar-refractivity contribution in [2.75, 3.05) is 20.2 Å². The number of piperidine rings is 1. The number of ketones is 1. The van der Waals surface area contributed by atoms with Gasteiger partial charge in [-0.25, -0.2) is 4.98 Å². The van der Waals surface area contributed by atoms with Crippen molar-refractivity contribution >= 4 is 17.1 Å². The van der Waals surface area contributed by atoms with Crippen molar-refractivity contribution in [3.63, 3.8) is 0 Å². The highest BCUT2D eigenvalue weighted by Gasteiger charge is 2.26. The van der Waals surface area contributed by atoms with Crippen molar-refractivity contribution in [3.8, 4) is 5.88 Å². The van der Waals surface area contributed by atoms with Crippen LogP contribution in [0.2, 0.25) is 0 Å². The number of ether oxygens (including phenoxy) is 1. The molecule has 0 unspecified atom stereocenters. The van der Waals surface area contributed by atoms with Gasteiger partial charge in [-0.05, 0) is 43.4 Å². The van der Waals surface area contributed by atoms with E-state index in [-0.39, 0.29) is 5.92 Å². The highest BCUT2D eigenvalue weighted by Crippen LogP contribution is 2.26. The number of hydrogen-bond donors (Lipinski definition) is 0. The number of hydrogen-bond acceptors (Lipinski definition) is 5. The molecule has 2 aromatic heterocycles. The van der Waals surface area contributed by atoms with Crippen molar-refractivity contribution in [2.45, 2.75) is 19.4 Å². The molecule has 0 N–H and O–H groups in total. The minimum absolute atomic E-state index is 0.172. The lowest BCUT2D eigenvalue weighted by molar-refractivity contribution is 0.0838. The summed E-state index contributed by atoms with van der Waals surface area (Å²) in [6.45, 7) is 2.72. The van der Waals surface area contributed by atoms with E-state index in [1.165, 1.54) is 0 Å². The largest absolute Gasteiger partial charge is 0.481 e. The Bertz CT molecular complexity index is 619. The summed E-state index contributed by atoms with van der Waals surface area (Å²) in [5.74, 6) is 1.18. The number of methoxy groups -OCH3 is 1. The fraction of sp³-hybridized carbons (Fsp3) is 0.412. The minimum Gasteiger partial charge on any atom is -0.481 e. The van der Waals surface area contributed by atoms with Crippen LogP contribution in [-0.2, 0) is 6.54 Å². The number of likely N-dealkylation sites (tertiary alicyclic amines) is 1. The summed E-state index contributed by atoms with van der Waals surface area (Å²) >= 11 is 1.55. The van der Waals surface area contributed by atoms with Crippen LogP contribution in [0.3, 0.4) is 0 Å². The third kappa shape index (κ3) is 3.36.